The standard InChI is InChI=1S/C14H17ClN2O3S/c1-8-4-5-13(20-8)10(3)17-21(18,19)14-7-11(15)6-12(16)9(14)2/h4-7,10,17H,16H2,1-3H3. The molecule has 0 aliphatic carbocycles. The summed E-state index contributed by atoms with van der Waals surface area (Å²) >= 11 is 5.89. The minimum absolute atomic E-state index is 0.0719. The van der Waals surface area contributed by atoms with Crippen molar-refractivity contribution in [2.75, 3.05) is 5.73 Å². The Labute approximate surface area is 129 Å². The molecule has 0 fully saturated rings. The average molecular weight is 329 g/mol. The number of benzene rings is 1. The Morgan fingerprint density at radius 3 is 2.52 bits per heavy atom. The predicted octanol–water partition coefficient (Wildman–Crippen LogP) is 3.17. The summed E-state index contributed by atoms with van der Waals surface area (Å²) in [6.45, 7) is 5.15. The van der Waals surface area contributed by atoms with Crippen LogP contribution in [0.5, 0.6) is 0 Å². The maximum atomic E-state index is 12.5. The highest BCUT2D eigenvalue weighted by Gasteiger charge is 2.23. The van der Waals surface area contributed by atoms with Gasteiger partial charge in [0.15, 0.2) is 0 Å². The number of furan rings is 1. The lowest BCUT2D eigenvalue weighted by molar-refractivity contribution is 0.441. The second kappa shape index (κ2) is 5.71. The minimum Gasteiger partial charge on any atom is -0.465 e. The molecule has 0 saturated heterocycles. The summed E-state index contributed by atoms with van der Waals surface area (Å²) in [4.78, 5) is 0.0719. The van der Waals surface area contributed by atoms with E-state index >= 15 is 0 Å². The third kappa shape index (κ3) is 3.40. The van der Waals surface area contributed by atoms with Crippen molar-refractivity contribution in [3.05, 3.63) is 46.4 Å². The number of nitrogens with one attached hydrogen (secondary N) is 1. The monoisotopic (exact) mass is 328 g/mol. The van der Waals surface area contributed by atoms with Crippen LogP contribution in [0, 0.1) is 13.8 Å². The molecule has 2 rings (SSSR count). The third-order valence-corrected chi connectivity index (χ3v) is 5.06. The maximum Gasteiger partial charge on any atom is 0.241 e. The lowest BCUT2D eigenvalue weighted by atomic mass is 10.2. The van der Waals surface area contributed by atoms with Gasteiger partial charge in [-0.1, -0.05) is 11.6 Å². The van der Waals surface area contributed by atoms with Crippen LogP contribution in [0.1, 0.15) is 30.0 Å². The Kier molecular flexibility index (Phi) is 4.32. The van der Waals surface area contributed by atoms with Crippen molar-refractivity contribution in [1.82, 2.24) is 4.72 Å². The molecular weight excluding hydrogens is 312 g/mol. The van der Waals surface area contributed by atoms with Gasteiger partial charge >= 0.3 is 0 Å². The molecule has 114 valence electrons. The molecule has 2 aromatic rings. The predicted molar refractivity (Wildman–Crippen MR) is 82.8 cm³/mol. The normalized spacial score (nSPS) is 13.3. The van der Waals surface area contributed by atoms with Crippen LogP contribution >= 0.6 is 11.6 Å². The molecule has 3 N–H and O–H groups in total. The molecule has 0 saturated carbocycles. The number of halogens is 1. The summed E-state index contributed by atoms with van der Waals surface area (Å²) in [5.74, 6) is 1.27. The van der Waals surface area contributed by atoms with E-state index in [1.54, 1.807) is 32.9 Å². The van der Waals surface area contributed by atoms with Gasteiger partial charge in [-0.3, -0.25) is 0 Å². The molecule has 0 amide bonds. The Morgan fingerprint density at radius 2 is 1.95 bits per heavy atom. The van der Waals surface area contributed by atoms with Gasteiger partial charge in [0, 0.05) is 10.7 Å². The summed E-state index contributed by atoms with van der Waals surface area (Å²) in [5.41, 5.74) is 6.57. The first kappa shape index (κ1) is 15.9. The molecule has 21 heavy (non-hydrogen) atoms. The van der Waals surface area contributed by atoms with Gasteiger partial charge < -0.3 is 10.2 Å². The quantitative estimate of drug-likeness (QED) is 0.844. The Balaban J connectivity index is 2.35. The van der Waals surface area contributed by atoms with Crippen molar-refractivity contribution in [2.45, 2.75) is 31.7 Å². The van der Waals surface area contributed by atoms with Crippen LogP contribution in [0.3, 0.4) is 0 Å². The average Bonchev–Trinajstić information content (AvgIpc) is 2.80. The van der Waals surface area contributed by atoms with Crippen LogP contribution in [0.2, 0.25) is 5.02 Å². The summed E-state index contributed by atoms with van der Waals surface area (Å²) in [5, 5.41) is 0.278. The number of hydrogen-bond acceptors (Lipinski definition) is 4. The van der Waals surface area contributed by atoms with E-state index < -0.39 is 16.1 Å². The fraction of sp³-hybridized carbons (Fsp3) is 0.286. The first-order chi connectivity index (χ1) is 9.70. The number of nitrogen functional groups attached to an aromatic ring is 1. The molecule has 0 spiro atoms. The highest BCUT2D eigenvalue weighted by Crippen LogP contribution is 2.27. The van der Waals surface area contributed by atoms with E-state index in [1.807, 2.05) is 0 Å². The molecule has 0 aliphatic heterocycles. The van der Waals surface area contributed by atoms with Crippen molar-refractivity contribution in [3.63, 3.8) is 0 Å². The lowest BCUT2D eigenvalue weighted by Crippen LogP contribution is -2.27. The number of anilines is 1. The topological polar surface area (TPSA) is 85.3 Å². The number of hydrogen-bond donors (Lipinski definition) is 2. The van der Waals surface area contributed by atoms with Crippen LogP contribution in [-0.2, 0) is 10.0 Å². The molecular formula is C14H17ClN2O3S. The summed E-state index contributed by atoms with van der Waals surface area (Å²) in [7, 11) is -3.75. The van der Waals surface area contributed by atoms with Crippen molar-refractivity contribution >= 4 is 27.3 Å². The fourth-order valence-electron chi connectivity index (χ4n) is 1.99. The van der Waals surface area contributed by atoms with E-state index in [1.165, 1.54) is 12.1 Å². The van der Waals surface area contributed by atoms with E-state index in [0.717, 1.165) is 5.76 Å². The van der Waals surface area contributed by atoms with Gasteiger partial charge in [0.25, 0.3) is 0 Å². The SMILES string of the molecule is Cc1ccc(C(C)NS(=O)(=O)c2cc(Cl)cc(N)c2C)o1. The molecule has 7 heteroatoms. The van der Waals surface area contributed by atoms with Crippen LogP contribution < -0.4 is 10.5 Å². The zero-order chi connectivity index (χ0) is 15.8. The van der Waals surface area contributed by atoms with Gasteiger partial charge in [-0.05, 0) is 50.6 Å². The first-order valence-electron chi connectivity index (χ1n) is 6.35. The van der Waals surface area contributed by atoms with Gasteiger partial charge in [-0.15, -0.1) is 0 Å². The summed E-state index contributed by atoms with van der Waals surface area (Å²) in [6, 6.07) is 5.93. The van der Waals surface area contributed by atoms with Gasteiger partial charge in [0.1, 0.15) is 11.5 Å². The van der Waals surface area contributed by atoms with Crippen molar-refractivity contribution < 1.29 is 12.8 Å². The Morgan fingerprint density at radius 1 is 1.29 bits per heavy atom. The Bertz CT molecular complexity index is 769. The van der Waals surface area contributed by atoms with Gasteiger partial charge in [0.2, 0.25) is 10.0 Å². The minimum atomic E-state index is -3.75. The third-order valence-electron chi connectivity index (χ3n) is 3.17. The molecule has 5 nitrogen and oxygen atoms in total. The van der Waals surface area contributed by atoms with Crippen molar-refractivity contribution in [2.24, 2.45) is 0 Å². The van der Waals surface area contributed by atoms with Crippen LogP contribution in [0.4, 0.5) is 5.69 Å². The lowest BCUT2D eigenvalue weighted by Gasteiger charge is -2.15. The van der Waals surface area contributed by atoms with Gasteiger partial charge in [-0.2, -0.15) is 0 Å². The first-order valence-corrected chi connectivity index (χ1v) is 8.21. The largest absolute Gasteiger partial charge is 0.465 e. The van der Waals surface area contributed by atoms with Crippen molar-refractivity contribution in [3.8, 4) is 0 Å². The summed E-state index contributed by atoms with van der Waals surface area (Å²) < 4.78 is 33.0. The van der Waals surface area contributed by atoms with Crippen LogP contribution in [0.25, 0.3) is 0 Å². The summed E-state index contributed by atoms with van der Waals surface area (Å²) in [6.07, 6.45) is 0. The van der Waals surface area contributed by atoms with E-state index in [-0.39, 0.29) is 9.92 Å². The number of sulfonamides is 1. The number of rotatable bonds is 4. The number of aryl methyl sites for hydroxylation is 1. The Hall–Kier alpha value is -1.50. The van der Waals surface area contributed by atoms with Gasteiger partial charge in [0.05, 0.1) is 10.9 Å². The molecule has 1 atom stereocenters. The number of nitrogens with two attached hydrogens (primary N) is 1. The molecule has 0 bridgehead atoms. The smallest absolute Gasteiger partial charge is 0.241 e. The second-order valence-electron chi connectivity index (χ2n) is 4.91. The molecule has 0 aliphatic rings. The molecule has 1 aromatic carbocycles. The van der Waals surface area contributed by atoms with E-state index in [4.69, 9.17) is 21.8 Å². The zero-order valence-electron chi connectivity index (χ0n) is 12.0. The van der Waals surface area contributed by atoms with Crippen LogP contribution in [-0.4, -0.2) is 8.42 Å². The van der Waals surface area contributed by atoms with E-state index in [9.17, 15) is 8.42 Å². The highest BCUT2D eigenvalue weighted by molar-refractivity contribution is 7.89. The second-order valence-corrected chi connectivity index (χ2v) is 7.03. The van der Waals surface area contributed by atoms with Gasteiger partial charge in [-0.25, -0.2) is 13.1 Å². The van der Waals surface area contributed by atoms with Crippen LogP contribution in [0.15, 0.2) is 33.6 Å². The highest BCUT2D eigenvalue weighted by atomic mass is 35.5. The molecule has 1 aromatic heterocycles. The van der Waals surface area contributed by atoms with E-state index in [2.05, 4.69) is 4.72 Å². The fourth-order valence-corrected chi connectivity index (χ4v) is 3.80. The molecule has 1 heterocycles. The maximum absolute atomic E-state index is 12.5. The molecule has 1 unspecified atom stereocenters. The molecule has 0 radical (unpaired) electrons. The van der Waals surface area contributed by atoms with E-state index in [0.29, 0.717) is 17.0 Å². The van der Waals surface area contributed by atoms with Crippen molar-refractivity contribution in [1.29, 1.82) is 0 Å². The zero-order valence-corrected chi connectivity index (χ0v) is 13.5.